The second kappa shape index (κ2) is 13.8. The number of rotatable bonds is 10. The molecule has 2 aromatic carbocycles. The van der Waals surface area contributed by atoms with Crippen LogP contribution in [0.3, 0.4) is 0 Å². The van der Waals surface area contributed by atoms with Gasteiger partial charge in [0.2, 0.25) is 11.8 Å². The molecule has 3 N–H and O–H groups in total. The molecule has 2 unspecified atom stereocenters. The van der Waals surface area contributed by atoms with Crippen LogP contribution in [0.15, 0.2) is 48.5 Å². The maximum atomic E-state index is 14.0. The molecule has 0 spiro atoms. The van der Waals surface area contributed by atoms with Crippen LogP contribution in [-0.2, 0) is 30.3 Å². The lowest BCUT2D eigenvalue weighted by Crippen LogP contribution is -2.54. The third kappa shape index (κ3) is 9.03. The number of alkyl carbamates (subject to hydrolysis) is 1. The van der Waals surface area contributed by atoms with Gasteiger partial charge >= 0.3 is 12.1 Å². The van der Waals surface area contributed by atoms with Crippen LogP contribution in [0, 0.1) is 18.3 Å². The van der Waals surface area contributed by atoms with Crippen molar-refractivity contribution in [2.75, 3.05) is 20.2 Å². The second-order valence-electron chi connectivity index (χ2n) is 9.72. The molecular weight excluding hydrogens is 504 g/mol. The largest absolute Gasteiger partial charge is 0.507 e. The zero-order valence-corrected chi connectivity index (χ0v) is 22.7. The Hall–Kier alpha value is -4.59. The third-order valence-electron chi connectivity index (χ3n) is 5.55. The first-order chi connectivity index (χ1) is 18.4. The van der Waals surface area contributed by atoms with Crippen LogP contribution in [-0.4, -0.2) is 65.7 Å². The summed E-state index contributed by atoms with van der Waals surface area (Å²) in [4.78, 5) is 52.7. The molecule has 39 heavy (non-hydrogen) atoms. The van der Waals surface area contributed by atoms with Crippen LogP contribution in [0.25, 0.3) is 0 Å². The first kappa shape index (κ1) is 30.6. The van der Waals surface area contributed by atoms with Crippen molar-refractivity contribution in [2.45, 2.75) is 51.8 Å². The third-order valence-corrected chi connectivity index (χ3v) is 5.55. The van der Waals surface area contributed by atoms with Gasteiger partial charge in [-0.15, -0.1) is 0 Å². The van der Waals surface area contributed by atoms with Gasteiger partial charge in [-0.2, -0.15) is 5.26 Å². The summed E-state index contributed by atoms with van der Waals surface area (Å²) in [6, 6.07) is 12.6. The highest BCUT2D eigenvalue weighted by molar-refractivity contribution is 5.94. The number of phenols is 1. The van der Waals surface area contributed by atoms with Crippen molar-refractivity contribution in [1.29, 1.82) is 5.26 Å². The lowest BCUT2D eigenvalue weighted by Gasteiger charge is -2.33. The summed E-state index contributed by atoms with van der Waals surface area (Å²) in [5, 5.41) is 25.4. The van der Waals surface area contributed by atoms with Crippen molar-refractivity contribution >= 4 is 23.9 Å². The van der Waals surface area contributed by atoms with Gasteiger partial charge in [0.25, 0.3) is 0 Å². The van der Waals surface area contributed by atoms with Crippen LogP contribution in [0.2, 0.25) is 0 Å². The maximum Gasteiger partial charge on any atom is 0.408 e. The Labute approximate surface area is 227 Å². The molecule has 0 aromatic heterocycles. The van der Waals surface area contributed by atoms with E-state index in [0.717, 1.165) is 12.0 Å². The molecule has 0 aliphatic heterocycles. The standard InChI is InChI=1S/C28H34N4O7/c1-18-10-9-13-20(24(18)34)23(25(35)30-17-22(33)38-5)32(15-14-29)26(36)21(16-19-11-7-6-8-12-19)31-27(37)39-28(2,3)4/h6-13,21,23,34H,15-17H2,1-5H3,(H,30,35)(H,31,37). The number of benzene rings is 2. The molecule has 2 atom stereocenters. The number of nitriles is 1. The number of carbonyl (C=O) groups is 4. The molecule has 11 heteroatoms. The molecule has 2 aromatic rings. The molecule has 0 fully saturated rings. The Balaban J connectivity index is 2.56. The van der Waals surface area contributed by atoms with E-state index in [4.69, 9.17) is 4.74 Å². The Bertz CT molecular complexity index is 1220. The van der Waals surface area contributed by atoms with E-state index in [1.165, 1.54) is 6.07 Å². The van der Waals surface area contributed by atoms with E-state index < -0.39 is 54.7 Å². The molecule has 2 rings (SSSR count). The molecule has 0 aliphatic carbocycles. The Morgan fingerprint density at radius 2 is 1.74 bits per heavy atom. The van der Waals surface area contributed by atoms with Gasteiger partial charge in [0.15, 0.2) is 0 Å². The summed E-state index contributed by atoms with van der Waals surface area (Å²) < 4.78 is 9.92. The zero-order valence-electron chi connectivity index (χ0n) is 22.7. The molecule has 0 aliphatic rings. The number of nitrogens with zero attached hydrogens (tertiary/aromatic N) is 2. The van der Waals surface area contributed by atoms with Crippen molar-refractivity contribution in [2.24, 2.45) is 0 Å². The van der Waals surface area contributed by atoms with Gasteiger partial charge in [-0.3, -0.25) is 14.4 Å². The number of nitrogens with one attached hydrogen (secondary N) is 2. The minimum absolute atomic E-state index is 0.0249. The van der Waals surface area contributed by atoms with Crippen molar-refractivity contribution in [3.8, 4) is 11.8 Å². The molecule has 208 valence electrons. The van der Waals surface area contributed by atoms with Gasteiger partial charge in [0.05, 0.1) is 13.2 Å². The zero-order chi connectivity index (χ0) is 29.2. The van der Waals surface area contributed by atoms with Gasteiger partial charge in [-0.05, 0) is 38.8 Å². The topological polar surface area (TPSA) is 158 Å². The smallest absolute Gasteiger partial charge is 0.408 e. The van der Waals surface area contributed by atoms with Crippen LogP contribution in [0.4, 0.5) is 4.79 Å². The normalized spacial score (nSPS) is 12.3. The average Bonchev–Trinajstić information content (AvgIpc) is 2.88. The summed E-state index contributed by atoms with van der Waals surface area (Å²) >= 11 is 0. The van der Waals surface area contributed by atoms with E-state index in [1.54, 1.807) is 70.2 Å². The number of ether oxygens (including phenoxy) is 2. The molecular formula is C28H34N4O7. The fraction of sp³-hybridized carbons (Fsp3) is 0.393. The lowest BCUT2D eigenvalue weighted by molar-refractivity contribution is -0.144. The van der Waals surface area contributed by atoms with Crippen molar-refractivity contribution in [1.82, 2.24) is 15.5 Å². The number of amides is 3. The molecule has 0 bridgehead atoms. The minimum Gasteiger partial charge on any atom is -0.507 e. The number of phenolic OH excluding ortho intramolecular Hbond substituents is 1. The number of hydrogen-bond donors (Lipinski definition) is 3. The van der Waals surface area contributed by atoms with Crippen molar-refractivity contribution in [3.05, 3.63) is 65.2 Å². The van der Waals surface area contributed by atoms with E-state index in [9.17, 15) is 29.5 Å². The maximum absolute atomic E-state index is 14.0. The summed E-state index contributed by atoms with van der Waals surface area (Å²) in [5.41, 5.74) is 0.321. The first-order valence-electron chi connectivity index (χ1n) is 12.2. The second-order valence-corrected chi connectivity index (χ2v) is 9.72. The van der Waals surface area contributed by atoms with Gasteiger partial charge < -0.3 is 30.1 Å². The van der Waals surface area contributed by atoms with Crippen molar-refractivity contribution < 1.29 is 33.8 Å². The van der Waals surface area contributed by atoms with E-state index in [-0.39, 0.29) is 17.7 Å². The predicted molar refractivity (Wildman–Crippen MR) is 141 cm³/mol. The van der Waals surface area contributed by atoms with E-state index in [0.29, 0.717) is 11.1 Å². The molecule has 0 radical (unpaired) electrons. The summed E-state index contributed by atoms with van der Waals surface area (Å²) in [6.45, 7) is 5.56. The Morgan fingerprint density at radius 3 is 2.33 bits per heavy atom. The summed E-state index contributed by atoms with van der Waals surface area (Å²) in [7, 11) is 1.15. The quantitative estimate of drug-likeness (QED) is 0.308. The van der Waals surface area contributed by atoms with E-state index in [1.807, 2.05) is 6.07 Å². The number of esters is 1. The minimum atomic E-state index is -1.51. The van der Waals surface area contributed by atoms with Gasteiger partial charge in [-0.1, -0.05) is 48.5 Å². The fourth-order valence-electron chi connectivity index (χ4n) is 3.75. The average molecular weight is 539 g/mol. The first-order valence-corrected chi connectivity index (χ1v) is 12.2. The van der Waals surface area contributed by atoms with Crippen molar-refractivity contribution in [3.63, 3.8) is 0 Å². The van der Waals surface area contributed by atoms with Crippen LogP contribution in [0.5, 0.6) is 5.75 Å². The SMILES string of the molecule is COC(=O)CNC(=O)C(c1cccc(C)c1O)N(CC#N)C(=O)C(Cc1ccccc1)NC(=O)OC(C)(C)C. The van der Waals surface area contributed by atoms with Crippen LogP contribution < -0.4 is 10.6 Å². The molecule has 0 heterocycles. The highest BCUT2D eigenvalue weighted by Crippen LogP contribution is 2.32. The van der Waals surface area contributed by atoms with E-state index >= 15 is 0 Å². The number of methoxy groups -OCH3 is 1. The lowest BCUT2D eigenvalue weighted by atomic mass is 9.98. The summed E-state index contributed by atoms with van der Waals surface area (Å²) in [6.07, 6.45) is -0.837. The predicted octanol–water partition coefficient (Wildman–Crippen LogP) is 2.52. The number of carbonyl (C=O) groups excluding carboxylic acids is 4. The number of para-hydroxylation sites is 1. The van der Waals surface area contributed by atoms with Gasteiger partial charge in [0, 0.05) is 12.0 Å². The number of aromatic hydroxyl groups is 1. The van der Waals surface area contributed by atoms with Gasteiger partial charge in [-0.25, -0.2) is 4.79 Å². The van der Waals surface area contributed by atoms with Gasteiger partial charge in [0.1, 0.15) is 36.5 Å². The molecule has 11 nitrogen and oxygen atoms in total. The molecule has 3 amide bonds. The Kier molecular flexibility index (Phi) is 10.8. The van der Waals surface area contributed by atoms with E-state index in [2.05, 4.69) is 15.4 Å². The Morgan fingerprint density at radius 1 is 1.08 bits per heavy atom. The monoisotopic (exact) mass is 538 g/mol. The molecule has 0 saturated heterocycles. The molecule has 0 saturated carbocycles. The number of aryl methyl sites for hydroxylation is 1. The highest BCUT2D eigenvalue weighted by atomic mass is 16.6. The highest BCUT2D eigenvalue weighted by Gasteiger charge is 2.38. The van der Waals surface area contributed by atoms with Crippen LogP contribution in [0.1, 0.15) is 43.5 Å². The fourth-order valence-corrected chi connectivity index (χ4v) is 3.75. The van der Waals surface area contributed by atoms with Crippen LogP contribution >= 0.6 is 0 Å². The summed E-state index contributed by atoms with van der Waals surface area (Å²) in [5.74, 6) is -2.60. The number of hydrogen-bond acceptors (Lipinski definition) is 8.